The number of rotatable bonds is 4. The first kappa shape index (κ1) is 12.8. The quantitative estimate of drug-likeness (QED) is 0.807. The van der Waals surface area contributed by atoms with Crippen LogP contribution in [-0.2, 0) is 0 Å². The Labute approximate surface area is 106 Å². The van der Waals surface area contributed by atoms with Gasteiger partial charge in [0.1, 0.15) is 5.82 Å². The lowest BCUT2D eigenvalue weighted by Gasteiger charge is -2.15. The average molecular weight is 250 g/mol. The lowest BCUT2D eigenvalue weighted by molar-refractivity contribution is 0.0775. The molecule has 0 radical (unpaired) electrons. The van der Waals surface area contributed by atoms with Crippen molar-refractivity contribution in [3.05, 3.63) is 17.8 Å². The van der Waals surface area contributed by atoms with E-state index in [0.717, 1.165) is 13.0 Å². The summed E-state index contributed by atoms with van der Waals surface area (Å²) in [7, 11) is 0. The second-order valence-corrected chi connectivity index (χ2v) is 4.42. The third-order valence-electron chi connectivity index (χ3n) is 3.07. The molecule has 1 saturated heterocycles. The van der Waals surface area contributed by atoms with E-state index in [1.54, 1.807) is 17.0 Å². The Morgan fingerprint density at radius 3 is 2.94 bits per heavy atom. The maximum absolute atomic E-state index is 12.1. The van der Waals surface area contributed by atoms with Crippen LogP contribution < -0.4 is 5.32 Å². The Morgan fingerprint density at radius 2 is 2.39 bits per heavy atom. The van der Waals surface area contributed by atoms with Crippen molar-refractivity contribution in [2.24, 2.45) is 5.92 Å². The molecule has 1 fully saturated rings. The maximum atomic E-state index is 12.1. The predicted molar refractivity (Wildman–Crippen MR) is 67.3 cm³/mol. The highest BCUT2D eigenvalue weighted by Crippen LogP contribution is 2.17. The average Bonchev–Trinajstić information content (AvgIpc) is 2.88. The molecule has 1 aliphatic heterocycles. The molecule has 0 aromatic carbocycles. The van der Waals surface area contributed by atoms with Gasteiger partial charge in [0.05, 0.1) is 0 Å². The zero-order valence-corrected chi connectivity index (χ0v) is 10.5. The highest BCUT2D eigenvalue weighted by atomic mass is 16.3. The molecule has 6 heteroatoms. The molecule has 0 spiro atoms. The van der Waals surface area contributed by atoms with E-state index in [4.69, 9.17) is 5.11 Å². The lowest BCUT2D eigenvalue weighted by Crippen LogP contribution is -2.30. The number of nitrogens with one attached hydrogen (secondary N) is 1. The molecule has 2 rings (SSSR count). The zero-order chi connectivity index (χ0) is 13.0. The SMILES string of the molecule is CCNc1ccc(C(=O)N2CCC(CO)C2)nn1. The first-order chi connectivity index (χ1) is 8.74. The van der Waals surface area contributed by atoms with Crippen LogP contribution in [0, 0.1) is 5.92 Å². The molecule has 18 heavy (non-hydrogen) atoms. The Morgan fingerprint density at radius 1 is 1.56 bits per heavy atom. The number of likely N-dealkylation sites (tertiary alicyclic amines) is 1. The van der Waals surface area contributed by atoms with E-state index in [-0.39, 0.29) is 18.4 Å². The van der Waals surface area contributed by atoms with Crippen molar-refractivity contribution in [3.63, 3.8) is 0 Å². The normalized spacial score (nSPS) is 19.0. The number of hydrogen-bond donors (Lipinski definition) is 2. The molecule has 6 nitrogen and oxygen atoms in total. The summed E-state index contributed by atoms with van der Waals surface area (Å²) >= 11 is 0. The standard InChI is InChI=1S/C12H18N4O2/c1-2-13-11-4-3-10(14-15-11)12(18)16-6-5-9(7-16)8-17/h3-4,9,17H,2,5-8H2,1H3,(H,13,15). The Bertz CT molecular complexity index is 407. The number of amides is 1. The van der Waals surface area contributed by atoms with Crippen molar-refractivity contribution in [1.82, 2.24) is 15.1 Å². The topological polar surface area (TPSA) is 78.4 Å². The van der Waals surface area contributed by atoms with Gasteiger partial charge in [0.15, 0.2) is 5.69 Å². The van der Waals surface area contributed by atoms with Gasteiger partial charge in [-0.15, -0.1) is 10.2 Å². The molecule has 1 aromatic rings. The van der Waals surface area contributed by atoms with Gasteiger partial charge in [0, 0.05) is 32.2 Å². The van der Waals surface area contributed by atoms with Crippen LogP contribution in [0.2, 0.25) is 0 Å². The fourth-order valence-corrected chi connectivity index (χ4v) is 2.05. The molecule has 1 aromatic heterocycles. The number of anilines is 1. The molecular formula is C12H18N4O2. The molecular weight excluding hydrogens is 232 g/mol. The summed E-state index contributed by atoms with van der Waals surface area (Å²) in [4.78, 5) is 13.8. The second kappa shape index (κ2) is 5.77. The van der Waals surface area contributed by atoms with E-state index in [0.29, 0.717) is 24.6 Å². The number of aromatic nitrogens is 2. The summed E-state index contributed by atoms with van der Waals surface area (Å²) in [5.41, 5.74) is 0.357. The first-order valence-corrected chi connectivity index (χ1v) is 6.22. The third-order valence-corrected chi connectivity index (χ3v) is 3.07. The Hall–Kier alpha value is -1.69. The van der Waals surface area contributed by atoms with Gasteiger partial charge >= 0.3 is 0 Å². The van der Waals surface area contributed by atoms with Gasteiger partial charge in [-0.3, -0.25) is 4.79 Å². The molecule has 1 aliphatic rings. The van der Waals surface area contributed by atoms with Crippen LogP contribution in [0.3, 0.4) is 0 Å². The van der Waals surface area contributed by atoms with Crippen molar-refractivity contribution in [1.29, 1.82) is 0 Å². The van der Waals surface area contributed by atoms with Crippen LogP contribution in [0.4, 0.5) is 5.82 Å². The zero-order valence-electron chi connectivity index (χ0n) is 10.5. The number of hydrogen-bond acceptors (Lipinski definition) is 5. The number of nitrogens with zero attached hydrogens (tertiary/aromatic N) is 3. The monoisotopic (exact) mass is 250 g/mol. The molecule has 2 heterocycles. The van der Waals surface area contributed by atoms with Gasteiger partial charge in [0.2, 0.25) is 0 Å². The fourth-order valence-electron chi connectivity index (χ4n) is 2.05. The largest absolute Gasteiger partial charge is 0.396 e. The summed E-state index contributed by atoms with van der Waals surface area (Å²) in [6, 6.07) is 3.43. The van der Waals surface area contributed by atoms with Crippen LogP contribution in [-0.4, -0.2) is 52.4 Å². The fraction of sp³-hybridized carbons (Fsp3) is 0.583. The van der Waals surface area contributed by atoms with E-state index in [1.165, 1.54) is 0 Å². The Balaban J connectivity index is 2.00. The summed E-state index contributed by atoms with van der Waals surface area (Å²) in [5.74, 6) is 0.758. The van der Waals surface area contributed by atoms with Crippen molar-refractivity contribution >= 4 is 11.7 Å². The van der Waals surface area contributed by atoms with Crippen LogP contribution >= 0.6 is 0 Å². The predicted octanol–water partition coefficient (Wildman–Crippen LogP) is 0.363. The number of aliphatic hydroxyl groups excluding tert-OH is 1. The lowest BCUT2D eigenvalue weighted by atomic mass is 10.1. The van der Waals surface area contributed by atoms with E-state index in [2.05, 4.69) is 15.5 Å². The Kier molecular flexibility index (Phi) is 4.09. The summed E-state index contributed by atoms with van der Waals surface area (Å²) in [5, 5.41) is 20.0. The molecule has 0 saturated carbocycles. The summed E-state index contributed by atoms with van der Waals surface area (Å²) in [6.45, 7) is 4.16. The highest BCUT2D eigenvalue weighted by Gasteiger charge is 2.27. The summed E-state index contributed by atoms with van der Waals surface area (Å²) in [6.07, 6.45) is 0.852. The first-order valence-electron chi connectivity index (χ1n) is 6.22. The minimum Gasteiger partial charge on any atom is -0.396 e. The van der Waals surface area contributed by atoms with Gasteiger partial charge in [-0.05, 0) is 25.5 Å². The maximum Gasteiger partial charge on any atom is 0.274 e. The number of carbonyl (C=O) groups is 1. The van der Waals surface area contributed by atoms with Crippen molar-refractivity contribution in [3.8, 4) is 0 Å². The number of aliphatic hydroxyl groups is 1. The molecule has 0 aliphatic carbocycles. The van der Waals surface area contributed by atoms with Crippen LogP contribution in [0.15, 0.2) is 12.1 Å². The van der Waals surface area contributed by atoms with Gasteiger partial charge < -0.3 is 15.3 Å². The van der Waals surface area contributed by atoms with Crippen LogP contribution in [0.1, 0.15) is 23.8 Å². The molecule has 1 unspecified atom stereocenters. The van der Waals surface area contributed by atoms with Gasteiger partial charge in [-0.25, -0.2) is 0 Å². The summed E-state index contributed by atoms with van der Waals surface area (Å²) < 4.78 is 0. The van der Waals surface area contributed by atoms with E-state index in [9.17, 15) is 4.79 Å². The van der Waals surface area contributed by atoms with Crippen molar-refractivity contribution in [2.45, 2.75) is 13.3 Å². The van der Waals surface area contributed by atoms with Crippen molar-refractivity contribution < 1.29 is 9.90 Å². The van der Waals surface area contributed by atoms with Crippen LogP contribution in [0.25, 0.3) is 0 Å². The number of carbonyl (C=O) groups excluding carboxylic acids is 1. The molecule has 1 amide bonds. The van der Waals surface area contributed by atoms with Crippen LogP contribution in [0.5, 0.6) is 0 Å². The highest BCUT2D eigenvalue weighted by molar-refractivity contribution is 5.92. The molecule has 98 valence electrons. The van der Waals surface area contributed by atoms with Gasteiger partial charge in [0.25, 0.3) is 5.91 Å². The minimum atomic E-state index is -0.110. The second-order valence-electron chi connectivity index (χ2n) is 4.42. The van der Waals surface area contributed by atoms with Crippen molar-refractivity contribution in [2.75, 3.05) is 31.6 Å². The molecule has 2 N–H and O–H groups in total. The van der Waals surface area contributed by atoms with Gasteiger partial charge in [-0.1, -0.05) is 0 Å². The minimum absolute atomic E-state index is 0.110. The smallest absolute Gasteiger partial charge is 0.274 e. The van der Waals surface area contributed by atoms with E-state index in [1.807, 2.05) is 6.92 Å². The van der Waals surface area contributed by atoms with E-state index < -0.39 is 0 Å². The third kappa shape index (κ3) is 2.76. The molecule has 1 atom stereocenters. The van der Waals surface area contributed by atoms with Gasteiger partial charge in [-0.2, -0.15) is 0 Å². The molecule has 0 bridgehead atoms. The van der Waals surface area contributed by atoms with E-state index >= 15 is 0 Å².